The van der Waals surface area contributed by atoms with Gasteiger partial charge in [0.25, 0.3) is 0 Å². The number of nitrogens with zero attached hydrogens (tertiary/aromatic N) is 2. The summed E-state index contributed by atoms with van der Waals surface area (Å²) in [6, 6.07) is 4.64. The molecule has 2 aromatic heterocycles. The third kappa shape index (κ3) is 4.22. The van der Waals surface area contributed by atoms with E-state index < -0.39 is 17.5 Å². The molecule has 0 aliphatic heterocycles. The molecule has 0 atom stereocenters. The fourth-order valence-corrected chi connectivity index (χ4v) is 3.76. The minimum Gasteiger partial charge on any atom is -0.494 e. The lowest BCUT2D eigenvalue weighted by Gasteiger charge is -2.19. The molecule has 3 rings (SSSR count). The van der Waals surface area contributed by atoms with E-state index in [1.807, 2.05) is 0 Å². The van der Waals surface area contributed by atoms with Crippen LogP contribution in [0, 0.1) is 6.92 Å². The predicted molar refractivity (Wildman–Crippen MR) is 114 cm³/mol. The second-order valence-corrected chi connectivity index (χ2v) is 8.65. The summed E-state index contributed by atoms with van der Waals surface area (Å²) in [4.78, 5) is 28.6. The summed E-state index contributed by atoms with van der Waals surface area (Å²) in [5.41, 5.74) is 0.348. The molecule has 1 aromatic carbocycles. The summed E-state index contributed by atoms with van der Waals surface area (Å²) < 4.78 is 6.57. The van der Waals surface area contributed by atoms with Crippen molar-refractivity contribution in [1.29, 1.82) is 0 Å². The van der Waals surface area contributed by atoms with E-state index in [0.29, 0.717) is 16.1 Å². The Morgan fingerprint density at radius 3 is 2.47 bits per heavy atom. The number of halogens is 2. The predicted octanol–water partition coefficient (Wildman–Crippen LogP) is 5.06. The van der Waals surface area contributed by atoms with Crippen LogP contribution in [0.1, 0.15) is 36.8 Å². The number of aromatic hydroxyl groups is 1. The van der Waals surface area contributed by atoms with Gasteiger partial charge in [-0.1, -0.05) is 29.3 Å². The Labute approximate surface area is 182 Å². The van der Waals surface area contributed by atoms with E-state index in [1.54, 1.807) is 39.8 Å². The fraction of sp³-hybridized carbons (Fsp3) is 0.286. The number of hydrogen-bond acceptors (Lipinski definition) is 5. The number of ether oxygens (including phenoxy) is 1. The lowest BCUT2D eigenvalue weighted by molar-refractivity contribution is -0.155. The highest BCUT2D eigenvalue weighted by Crippen LogP contribution is 2.42. The molecule has 0 saturated heterocycles. The first-order chi connectivity index (χ1) is 13.9. The monoisotopic (exact) mass is 450 g/mol. The van der Waals surface area contributed by atoms with Crippen LogP contribution in [0.5, 0.6) is 5.88 Å². The maximum Gasteiger partial charge on any atom is 0.338 e. The molecule has 0 unspecified atom stereocenters. The average molecular weight is 451 g/mol. The molecule has 0 fully saturated rings. The number of carboxylic acid groups (broad SMARTS) is 1. The van der Waals surface area contributed by atoms with E-state index in [2.05, 4.69) is 4.98 Å². The van der Waals surface area contributed by atoms with Gasteiger partial charge in [0.1, 0.15) is 12.1 Å². The number of aromatic nitrogens is 2. The van der Waals surface area contributed by atoms with Crippen molar-refractivity contribution in [2.75, 3.05) is 0 Å². The summed E-state index contributed by atoms with van der Waals surface area (Å²) in [6.07, 6.45) is 1.47. The molecule has 0 aliphatic rings. The van der Waals surface area contributed by atoms with Crippen LogP contribution in [0.3, 0.4) is 0 Å². The van der Waals surface area contributed by atoms with E-state index in [0.717, 1.165) is 0 Å². The molecule has 158 valence electrons. The van der Waals surface area contributed by atoms with Crippen molar-refractivity contribution in [3.05, 3.63) is 45.7 Å². The summed E-state index contributed by atoms with van der Waals surface area (Å²) in [6.45, 7) is 6.50. The number of carbonyl (C=O) groups excluding carboxylic acids is 1. The van der Waals surface area contributed by atoms with E-state index in [1.165, 1.54) is 16.8 Å². The third-order valence-corrected chi connectivity index (χ3v) is 4.86. The Morgan fingerprint density at radius 2 is 1.90 bits per heavy atom. The van der Waals surface area contributed by atoms with Crippen molar-refractivity contribution in [2.24, 2.45) is 0 Å². The maximum absolute atomic E-state index is 12.2. The molecule has 0 saturated carbocycles. The first-order valence-corrected chi connectivity index (χ1v) is 9.77. The number of benzene rings is 1. The SMILES string of the molecule is Cc1nc2cn(CC(=O)OC(C)(C)C)c(O)c2c(-c2ccc(Cl)cc2Cl)c1C(=O)O. The molecule has 7 nitrogen and oxygen atoms in total. The van der Waals surface area contributed by atoms with Gasteiger partial charge >= 0.3 is 11.9 Å². The van der Waals surface area contributed by atoms with Gasteiger partial charge in [-0.2, -0.15) is 0 Å². The molecule has 0 aliphatic carbocycles. The molecule has 0 spiro atoms. The molecule has 0 bridgehead atoms. The number of pyridine rings is 1. The van der Waals surface area contributed by atoms with Crippen LogP contribution in [-0.4, -0.2) is 37.3 Å². The number of aromatic carboxylic acids is 1. The van der Waals surface area contributed by atoms with E-state index in [-0.39, 0.29) is 39.7 Å². The van der Waals surface area contributed by atoms with Crippen LogP contribution in [0.25, 0.3) is 22.0 Å². The Kier molecular flexibility index (Phi) is 5.71. The number of rotatable bonds is 4. The molecular formula is C21H20Cl2N2O5. The number of hydrogen-bond donors (Lipinski definition) is 2. The zero-order valence-corrected chi connectivity index (χ0v) is 18.3. The smallest absolute Gasteiger partial charge is 0.338 e. The van der Waals surface area contributed by atoms with E-state index >= 15 is 0 Å². The summed E-state index contributed by atoms with van der Waals surface area (Å²) >= 11 is 12.3. The van der Waals surface area contributed by atoms with Gasteiger partial charge in [0.15, 0.2) is 0 Å². The maximum atomic E-state index is 12.2. The topological polar surface area (TPSA) is 102 Å². The van der Waals surface area contributed by atoms with Crippen molar-refractivity contribution in [2.45, 2.75) is 39.8 Å². The number of aryl methyl sites for hydroxylation is 1. The van der Waals surface area contributed by atoms with Gasteiger partial charge in [0, 0.05) is 27.4 Å². The number of carbonyl (C=O) groups is 2. The highest BCUT2D eigenvalue weighted by atomic mass is 35.5. The fourth-order valence-electron chi connectivity index (χ4n) is 3.26. The molecule has 0 radical (unpaired) electrons. The van der Waals surface area contributed by atoms with Crippen LogP contribution in [0.15, 0.2) is 24.4 Å². The quantitative estimate of drug-likeness (QED) is 0.538. The number of carboxylic acids is 1. The van der Waals surface area contributed by atoms with Crippen molar-refractivity contribution < 1.29 is 24.5 Å². The average Bonchev–Trinajstić information content (AvgIpc) is 2.87. The van der Waals surface area contributed by atoms with Crippen LogP contribution >= 0.6 is 23.2 Å². The first kappa shape index (κ1) is 21.9. The largest absolute Gasteiger partial charge is 0.494 e. The first-order valence-electron chi connectivity index (χ1n) is 9.02. The lowest BCUT2D eigenvalue weighted by Crippen LogP contribution is -2.26. The van der Waals surface area contributed by atoms with Crippen LogP contribution < -0.4 is 0 Å². The van der Waals surface area contributed by atoms with Crippen molar-refractivity contribution in [1.82, 2.24) is 9.55 Å². The minimum absolute atomic E-state index is 0.1000. The van der Waals surface area contributed by atoms with Crippen molar-refractivity contribution >= 4 is 46.0 Å². The minimum atomic E-state index is -1.22. The van der Waals surface area contributed by atoms with Gasteiger partial charge in [0.05, 0.1) is 22.2 Å². The van der Waals surface area contributed by atoms with E-state index in [9.17, 15) is 19.8 Å². The lowest BCUT2D eigenvalue weighted by atomic mass is 9.95. The Morgan fingerprint density at radius 1 is 1.23 bits per heavy atom. The van der Waals surface area contributed by atoms with Crippen LogP contribution in [0.2, 0.25) is 10.0 Å². The molecule has 2 N–H and O–H groups in total. The van der Waals surface area contributed by atoms with Gasteiger partial charge < -0.3 is 19.5 Å². The zero-order valence-electron chi connectivity index (χ0n) is 16.8. The third-order valence-electron chi connectivity index (χ3n) is 4.31. The molecule has 2 heterocycles. The Bertz CT molecular complexity index is 1180. The second-order valence-electron chi connectivity index (χ2n) is 7.80. The van der Waals surface area contributed by atoms with Crippen molar-refractivity contribution in [3.63, 3.8) is 0 Å². The zero-order chi connectivity index (χ0) is 22.4. The molecule has 3 aromatic rings. The molecule has 30 heavy (non-hydrogen) atoms. The van der Waals surface area contributed by atoms with E-state index in [4.69, 9.17) is 27.9 Å². The molecular weight excluding hydrogens is 431 g/mol. The summed E-state index contributed by atoms with van der Waals surface area (Å²) in [5.74, 6) is -2.09. The van der Waals surface area contributed by atoms with Gasteiger partial charge in [-0.25, -0.2) is 4.79 Å². The van der Waals surface area contributed by atoms with Crippen LogP contribution in [0.4, 0.5) is 0 Å². The summed E-state index contributed by atoms with van der Waals surface area (Å²) in [7, 11) is 0. The number of fused-ring (bicyclic) bond motifs is 1. The summed E-state index contributed by atoms with van der Waals surface area (Å²) in [5, 5.41) is 21.5. The van der Waals surface area contributed by atoms with Gasteiger partial charge in [0.2, 0.25) is 5.88 Å². The van der Waals surface area contributed by atoms with Gasteiger partial charge in [-0.15, -0.1) is 0 Å². The van der Waals surface area contributed by atoms with Gasteiger partial charge in [-0.3, -0.25) is 9.78 Å². The highest BCUT2D eigenvalue weighted by molar-refractivity contribution is 6.37. The standard InChI is InChI=1S/C21H20Cl2N2O5/c1-10-16(20(28)29)17(12-6-5-11(22)7-13(12)23)18-14(24-10)8-25(19(18)27)9-15(26)30-21(2,3)4/h5-8,27H,9H2,1-4H3,(H,28,29). The Hall–Kier alpha value is -2.77. The highest BCUT2D eigenvalue weighted by Gasteiger charge is 2.26. The Balaban J connectivity index is 2.27. The van der Waals surface area contributed by atoms with Crippen molar-refractivity contribution in [3.8, 4) is 17.0 Å². The van der Waals surface area contributed by atoms with Crippen LogP contribution in [-0.2, 0) is 16.1 Å². The number of esters is 1. The van der Waals surface area contributed by atoms with Gasteiger partial charge in [-0.05, 0) is 39.8 Å². The second kappa shape index (κ2) is 7.81. The molecule has 9 heteroatoms. The molecule has 0 amide bonds. The normalized spacial score (nSPS) is 11.7.